The molecule has 0 aliphatic heterocycles. The Morgan fingerprint density at radius 2 is 1.68 bits per heavy atom. The van der Waals surface area contributed by atoms with Gasteiger partial charge in [-0.3, -0.25) is 4.90 Å². The van der Waals surface area contributed by atoms with Crippen molar-refractivity contribution in [3.05, 3.63) is 0 Å². The highest BCUT2D eigenvalue weighted by Crippen LogP contribution is 2.31. The predicted octanol–water partition coefficient (Wildman–Crippen LogP) is 3.91. The van der Waals surface area contributed by atoms with E-state index in [-0.39, 0.29) is 5.54 Å². The van der Waals surface area contributed by atoms with Crippen LogP contribution in [0.15, 0.2) is 0 Å². The van der Waals surface area contributed by atoms with Gasteiger partial charge in [-0.15, -0.1) is 0 Å². The van der Waals surface area contributed by atoms with Crippen LogP contribution in [0, 0.1) is 11.8 Å². The van der Waals surface area contributed by atoms with E-state index in [9.17, 15) is 0 Å². The van der Waals surface area contributed by atoms with Gasteiger partial charge in [0.25, 0.3) is 0 Å². The van der Waals surface area contributed by atoms with Gasteiger partial charge in [-0.1, -0.05) is 20.8 Å². The summed E-state index contributed by atoms with van der Waals surface area (Å²) in [5.74, 6) is 1.53. The molecule has 0 bridgehead atoms. The second kappa shape index (κ2) is 7.08. The number of rotatable bonds is 8. The molecule has 1 N–H and O–H groups in total. The van der Waals surface area contributed by atoms with Crippen molar-refractivity contribution in [1.29, 1.82) is 0 Å². The van der Waals surface area contributed by atoms with Gasteiger partial charge in [0, 0.05) is 17.6 Å². The summed E-state index contributed by atoms with van der Waals surface area (Å²) >= 11 is 0. The number of nitrogens with zero attached hydrogens (tertiary/aromatic N) is 1. The third-order valence-electron chi connectivity index (χ3n) is 4.28. The molecule has 1 aliphatic carbocycles. The van der Waals surface area contributed by atoms with E-state index in [1.54, 1.807) is 0 Å². The van der Waals surface area contributed by atoms with Crippen LogP contribution in [0.25, 0.3) is 0 Å². The molecule has 0 aromatic heterocycles. The fourth-order valence-corrected chi connectivity index (χ4v) is 2.50. The zero-order valence-corrected chi connectivity index (χ0v) is 14.3. The van der Waals surface area contributed by atoms with Crippen LogP contribution in [-0.4, -0.2) is 35.6 Å². The van der Waals surface area contributed by atoms with Gasteiger partial charge in [0.15, 0.2) is 0 Å². The Balaban J connectivity index is 2.43. The van der Waals surface area contributed by atoms with Gasteiger partial charge in [-0.2, -0.15) is 0 Å². The Morgan fingerprint density at radius 1 is 1.11 bits per heavy atom. The number of hydrogen-bond acceptors (Lipinski definition) is 2. The lowest BCUT2D eigenvalue weighted by atomic mass is 9.98. The van der Waals surface area contributed by atoms with Gasteiger partial charge in [0.05, 0.1) is 0 Å². The summed E-state index contributed by atoms with van der Waals surface area (Å²) in [7, 11) is 0. The second-order valence-electron chi connectivity index (χ2n) is 8.00. The first kappa shape index (κ1) is 17.0. The highest BCUT2D eigenvalue weighted by atomic mass is 15.2. The molecule has 2 nitrogen and oxygen atoms in total. The summed E-state index contributed by atoms with van der Waals surface area (Å²) in [5, 5.41) is 3.65. The number of nitrogens with one attached hydrogen (secondary N) is 1. The highest BCUT2D eigenvalue weighted by molar-refractivity contribution is 4.89. The standard InChI is InChI=1S/C17H36N2/c1-13(2)10-11-19(16-8-9-16)15(4)14(3)12-18-17(5,6)7/h13-16,18H,8-12H2,1-7H3. The summed E-state index contributed by atoms with van der Waals surface area (Å²) in [5.41, 5.74) is 0.232. The number of hydrogen-bond donors (Lipinski definition) is 1. The van der Waals surface area contributed by atoms with Gasteiger partial charge in [-0.05, 0) is 71.9 Å². The summed E-state index contributed by atoms with van der Waals surface area (Å²) < 4.78 is 0. The molecule has 2 atom stereocenters. The van der Waals surface area contributed by atoms with Crippen LogP contribution >= 0.6 is 0 Å². The average molecular weight is 268 g/mol. The van der Waals surface area contributed by atoms with Crippen molar-refractivity contribution in [1.82, 2.24) is 10.2 Å². The molecule has 19 heavy (non-hydrogen) atoms. The van der Waals surface area contributed by atoms with E-state index in [1.807, 2.05) is 0 Å². The maximum absolute atomic E-state index is 3.65. The van der Waals surface area contributed by atoms with Crippen LogP contribution in [0.2, 0.25) is 0 Å². The van der Waals surface area contributed by atoms with E-state index in [4.69, 9.17) is 0 Å². The monoisotopic (exact) mass is 268 g/mol. The molecule has 2 unspecified atom stereocenters. The average Bonchev–Trinajstić information content (AvgIpc) is 3.08. The fraction of sp³-hybridized carbons (Fsp3) is 1.00. The molecular formula is C17H36N2. The molecule has 0 amide bonds. The SMILES string of the molecule is CC(C)CCN(C1CC1)C(C)C(C)CNC(C)(C)C. The summed E-state index contributed by atoms with van der Waals surface area (Å²) in [4.78, 5) is 2.77. The highest BCUT2D eigenvalue weighted by Gasteiger charge is 2.33. The van der Waals surface area contributed by atoms with Crippen LogP contribution in [0.1, 0.15) is 67.7 Å². The third kappa shape index (κ3) is 6.76. The lowest BCUT2D eigenvalue weighted by Crippen LogP contribution is -2.46. The lowest BCUT2D eigenvalue weighted by Gasteiger charge is -2.35. The molecule has 0 aromatic rings. The van der Waals surface area contributed by atoms with Crippen molar-refractivity contribution in [2.45, 2.75) is 85.4 Å². The maximum atomic E-state index is 3.65. The fourth-order valence-electron chi connectivity index (χ4n) is 2.50. The van der Waals surface area contributed by atoms with Crippen molar-refractivity contribution in [2.75, 3.05) is 13.1 Å². The minimum atomic E-state index is 0.232. The Hall–Kier alpha value is -0.0800. The molecular weight excluding hydrogens is 232 g/mol. The quantitative estimate of drug-likeness (QED) is 0.718. The lowest BCUT2D eigenvalue weighted by molar-refractivity contribution is 0.139. The Bertz CT molecular complexity index is 250. The summed E-state index contributed by atoms with van der Waals surface area (Å²) in [6.07, 6.45) is 4.17. The van der Waals surface area contributed by atoms with Gasteiger partial charge in [0.2, 0.25) is 0 Å². The Morgan fingerprint density at radius 3 is 2.11 bits per heavy atom. The smallest absolute Gasteiger partial charge is 0.0108 e. The van der Waals surface area contributed by atoms with Gasteiger partial charge < -0.3 is 5.32 Å². The van der Waals surface area contributed by atoms with E-state index in [0.717, 1.165) is 18.5 Å². The largest absolute Gasteiger partial charge is 0.312 e. The van der Waals surface area contributed by atoms with Gasteiger partial charge in [-0.25, -0.2) is 0 Å². The van der Waals surface area contributed by atoms with Crippen LogP contribution in [0.3, 0.4) is 0 Å². The van der Waals surface area contributed by atoms with E-state index < -0.39 is 0 Å². The molecule has 0 aromatic carbocycles. The summed E-state index contributed by atoms with van der Waals surface area (Å²) in [6.45, 7) is 18.6. The van der Waals surface area contributed by atoms with E-state index in [2.05, 4.69) is 58.7 Å². The molecule has 0 radical (unpaired) electrons. The Kier molecular flexibility index (Phi) is 6.32. The summed E-state index contributed by atoms with van der Waals surface area (Å²) in [6, 6.07) is 1.58. The van der Waals surface area contributed by atoms with E-state index >= 15 is 0 Å². The molecule has 114 valence electrons. The molecule has 0 saturated heterocycles. The van der Waals surface area contributed by atoms with Crippen molar-refractivity contribution >= 4 is 0 Å². The zero-order valence-electron chi connectivity index (χ0n) is 14.3. The van der Waals surface area contributed by atoms with Crippen molar-refractivity contribution in [2.24, 2.45) is 11.8 Å². The van der Waals surface area contributed by atoms with Crippen molar-refractivity contribution < 1.29 is 0 Å². The normalized spacial score (nSPS) is 20.1. The molecule has 1 rings (SSSR count). The minimum Gasteiger partial charge on any atom is -0.312 e. The van der Waals surface area contributed by atoms with E-state index in [1.165, 1.54) is 25.8 Å². The molecule has 1 saturated carbocycles. The van der Waals surface area contributed by atoms with Crippen LogP contribution in [-0.2, 0) is 0 Å². The first-order valence-corrected chi connectivity index (χ1v) is 8.21. The van der Waals surface area contributed by atoms with Crippen LogP contribution < -0.4 is 5.32 Å². The second-order valence-corrected chi connectivity index (χ2v) is 8.00. The predicted molar refractivity (Wildman–Crippen MR) is 85.6 cm³/mol. The maximum Gasteiger partial charge on any atom is 0.0108 e. The first-order chi connectivity index (χ1) is 8.70. The van der Waals surface area contributed by atoms with Gasteiger partial charge in [0.1, 0.15) is 0 Å². The van der Waals surface area contributed by atoms with Crippen molar-refractivity contribution in [3.63, 3.8) is 0 Å². The molecule has 1 fully saturated rings. The molecule has 1 aliphatic rings. The van der Waals surface area contributed by atoms with E-state index in [0.29, 0.717) is 12.0 Å². The third-order valence-corrected chi connectivity index (χ3v) is 4.28. The minimum absolute atomic E-state index is 0.232. The molecule has 0 heterocycles. The molecule has 2 heteroatoms. The van der Waals surface area contributed by atoms with Gasteiger partial charge >= 0.3 is 0 Å². The molecule has 0 spiro atoms. The van der Waals surface area contributed by atoms with Crippen LogP contribution in [0.4, 0.5) is 0 Å². The first-order valence-electron chi connectivity index (χ1n) is 8.21. The van der Waals surface area contributed by atoms with Crippen molar-refractivity contribution in [3.8, 4) is 0 Å². The zero-order chi connectivity index (χ0) is 14.6. The van der Waals surface area contributed by atoms with Crippen LogP contribution in [0.5, 0.6) is 0 Å². The Labute approximate surface area is 121 Å². The topological polar surface area (TPSA) is 15.3 Å².